The molecule has 1 saturated heterocycles. The molecule has 1 aromatic heterocycles. The Bertz CT molecular complexity index is 646. The van der Waals surface area contributed by atoms with E-state index in [0.717, 1.165) is 27.6 Å². The van der Waals surface area contributed by atoms with Gasteiger partial charge in [-0.2, -0.15) is 5.10 Å². The highest BCUT2D eigenvalue weighted by Gasteiger charge is 2.27. The number of anilines is 1. The normalized spacial score (nSPS) is 19.6. The van der Waals surface area contributed by atoms with Gasteiger partial charge in [-0.25, -0.2) is 0 Å². The topological polar surface area (TPSA) is 58.1 Å². The molecule has 98 valence electrons. The van der Waals surface area contributed by atoms with Crippen molar-refractivity contribution >= 4 is 38.4 Å². The minimum Gasteiger partial charge on any atom is -0.353 e. The molecule has 6 heteroatoms. The average molecular weight is 321 g/mol. The average Bonchev–Trinajstić information content (AvgIpc) is 2.41. The van der Waals surface area contributed by atoms with Crippen molar-refractivity contribution in [2.45, 2.75) is 13.0 Å². The number of nitrogens with one attached hydrogen (secondary N) is 1. The lowest BCUT2D eigenvalue weighted by Gasteiger charge is -2.33. The maximum absolute atomic E-state index is 11.8. The van der Waals surface area contributed by atoms with E-state index < -0.39 is 0 Å². The fraction of sp³-hybridized carbons (Fsp3) is 0.308. The second kappa shape index (κ2) is 4.77. The number of halogens is 1. The van der Waals surface area contributed by atoms with Gasteiger partial charge in [0, 0.05) is 28.3 Å². The van der Waals surface area contributed by atoms with Gasteiger partial charge >= 0.3 is 0 Å². The molecule has 1 fully saturated rings. The number of piperazine rings is 1. The van der Waals surface area contributed by atoms with Crippen molar-refractivity contribution in [2.24, 2.45) is 0 Å². The molecule has 3 rings (SSSR count). The number of carbonyl (C=O) groups excluding carboxylic acids is 1. The van der Waals surface area contributed by atoms with Gasteiger partial charge in [-0.05, 0) is 25.1 Å². The number of aromatic nitrogens is 2. The van der Waals surface area contributed by atoms with Crippen LogP contribution in [0.15, 0.2) is 28.9 Å². The van der Waals surface area contributed by atoms with E-state index in [1.165, 1.54) is 0 Å². The molecule has 1 unspecified atom stereocenters. The SMILES string of the molecule is CC1C(=O)NCCN1c1nncc2cc(Br)ccc12. The Balaban J connectivity index is 2.12. The van der Waals surface area contributed by atoms with Crippen LogP contribution >= 0.6 is 15.9 Å². The summed E-state index contributed by atoms with van der Waals surface area (Å²) in [7, 11) is 0. The van der Waals surface area contributed by atoms with Gasteiger partial charge in [-0.1, -0.05) is 15.9 Å². The van der Waals surface area contributed by atoms with Crippen LogP contribution in [-0.4, -0.2) is 35.2 Å². The highest BCUT2D eigenvalue weighted by atomic mass is 79.9. The molecule has 1 N–H and O–H groups in total. The second-order valence-electron chi connectivity index (χ2n) is 4.56. The largest absolute Gasteiger partial charge is 0.353 e. The van der Waals surface area contributed by atoms with Gasteiger partial charge in [0.25, 0.3) is 0 Å². The third kappa shape index (κ3) is 2.16. The number of rotatable bonds is 1. The first kappa shape index (κ1) is 12.3. The number of hydrogen-bond donors (Lipinski definition) is 1. The fourth-order valence-electron chi connectivity index (χ4n) is 2.33. The Kier molecular flexibility index (Phi) is 3.10. The summed E-state index contributed by atoms with van der Waals surface area (Å²) < 4.78 is 1.00. The summed E-state index contributed by atoms with van der Waals surface area (Å²) in [6.07, 6.45) is 1.73. The minimum absolute atomic E-state index is 0.0298. The van der Waals surface area contributed by atoms with Gasteiger partial charge in [0.15, 0.2) is 5.82 Å². The molecule has 1 aliphatic rings. The molecular weight excluding hydrogens is 308 g/mol. The zero-order valence-electron chi connectivity index (χ0n) is 10.4. The van der Waals surface area contributed by atoms with Crippen LogP contribution < -0.4 is 10.2 Å². The number of hydrogen-bond acceptors (Lipinski definition) is 4. The first-order chi connectivity index (χ1) is 9.16. The van der Waals surface area contributed by atoms with Gasteiger partial charge in [-0.15, -0.1) is 5.10 Å². The molecule has 0 bridgehead atoms. The third-order valence-corrected chi connectivity index (χ3v) is 3.87. The Labute approximate surface area is 119 Å². The molecule has 1 aromatic carbocycles. The molecule has 1 amide bonds. The summed E-state index contributed by atoms with van der Waals surface area (Å²) in [5.74, 6) is 0.800. The lowest BCUT2D eigenvalue weighted by atomic mass is 10.1. The molecule has 1 aliphatic heterocycles. The Morgan fingerprint density at radius 1 is 1.47 bits per heavy atom. The molecule has 2 aromatic rings. The maximum atomic E-state index is 11.8. The number of fused-ring (bicyclic) bond motifs is 1. The van der Waals surface area contributed by atoms with E-state index in [2.05, 4.69) is 31.4 Å². The van der Waals surface area contributed by atoms with Crippen LogP contribution in [0.25, 0.3) is 10.8 Å². The van der Waals surface area contributed by atoms with Crippen molar-refractivity contribution < 1.29 is 4.79 Å². The van der Waals surface area contributed by atoms with E-state index in [-0.39, 0.29) is 11.9 Å². The standard InChI is InChI=1S/C13H13BrN4O/c1-8-13(19)15-4-5-18(8)12-11-3-2-10(14)6-9(11)7-16-17-12/h2-3,6-8H,4-5H2,1H3,(H,15,19). The van der Waals surface area contributed by atoms with Gasteiger partial charge < -0.3 is 10.2 Å². The Hall–Kier alpha value is -1.69. The quantitative estimate of drug-likeness (QED) is 0.869. The lowest BCUT2D eigenvalue weighted by molar-refractivity contribution is -0.122. The summed E-state index contributed by atoms with van der Waals surface area (Å²) in [5.41, 5.74) is 0. The second-order valence-corrected chi connectivity index (χ2v) is 5.48. The van der Waals surface area contributed by atoms with Crippen LogP contribution in [-0.2, 0) is 4.79 Å². The summed E-state index contributed by atoms with van der Waals surface area (Å²) in [5, 5.41) is 13.1. The first-order valence-corrected chi connectivity index (χ1v) is 6.91. The lowest BCUT2D eigenvalue weighted by Crippen LogP contribution is -2.54. The highest BCUT2D eigenvalue weighted by molar-refractivity contribution is 9.10. The fourth-order valence-corrected chi connectivity index (χ4v) is 2.71. The number of carbonyl (C=O) groups is 1. The van der Waals surface area contributed by atoms with Crippen molar-refractivity contribution in [2.75, 3.05) is 18.0 Å². The van der Waals surface area contributed by atoms with Gasteiger partial charge in [0.1, 0.15) is 6.04 Å². The molecule has 0 saturated carbocycles. The molecule has 0 aliphatic carbocycles. The van der Waals surface area contributed by atoms with Crippen LogP contribution in [0.5, 0.6) is 0 Å². The molecule has 1 atom stereocenters. The van der Waals surface area contributed by atoms with E-state index in [4.69, 9.17) is 0 Å². The Morgan fingerprint density at radius 3 is 3.16 bits per heavy atom. The van der Waals surface area contributed by atoms with Crippen LogP contribution in [0, 0.1) is 0 Å². The number of benzene rings is 1. The van der Waals surface area contributed by atoms with Crippen molar-refractivity contribution in [3.05, 3.63) is 28.9 Å². The zero-order chi connectivity index (χ0) is 13.4. The number of nitrogens with zero attached hydrogens (tertiary/aromatic N) is 3. The van der Waals surface area contributed by atoms with Crippen molar-refractivity contribution in [1.82, 2.24) is 15.5 Å². The van der Waals surface area contributed by atoms with Crippen LogP contribution in [0.4, 0.5) is 5.82 Å². The van der Waals surface area contributed by atoms with E-state index in [0.29, 0.717) is 6.54 Å². The third-order valence-electron chi connectivity index (χ3n) is 3.37. The summed E-state index contributed by atoms with van der Waals surface area (Å²) in [4.78, 5) is 13.8. The molecule has 0 spiro atoms. The zero-order valence-corrected chi connectivity index (χ0v) is 12.0. The summed E-state index contributed by atoms with van der Waals surface area (Å²) in [6, 6.07) is 5.75. The van der Waals surface area contributed by atoms with Crippen LogP contribution in [0.3, 0.4) is 0 Å². The number of amides is 1. The molecule has 19 heavy (non-hydrogen) atoms. The van der Waals surface area contributed by atoms with Crippen molar-refractivity contribution in [3.8, 4) is 0 Å². The van der Waals surface area contributed by atoms with E-state index in [1.807, 2.05) is 30.0 Å². The Morgan fingerprint density at radius 2 is 2.32 bits per heavy atom. The van der Waals surface area contributed by atoms with Crippen LogP contribution in [0.2, 0.25) is 0 Å². The van der Waals surface area contributed by atoms with E-state index in [9.17, 15) is 4.79 Å². The molecule has 0 radical (unpaired) electrons. The maximum Gasteiger partial charge on any atom is 0.242 e. The molecular formula is C13H13BrN4O. The molecule has 2 heterocycles. The predicted octanol–water partition coefficient (Wildman–Crippen LogP) is 1.72. The monoisotopic (exact) mass is 320 g/mol. The van der Waals surface area contributed by atoms with E-state index in [1.54, 1.807) is 6.20 Å². The van der Waals surface area contributed by atoms with Gasteiger partial charge in [0.2, 0.25) is 5.91 Å². The summed E-state index contributed by atoms with van der Waals surface area (Å²) in [6.45, 7) is 3.27. The van der Waals surface area contributed by atoms with Gasteiger partial charge in [0.05, 0.1) is 6.20 Å². The predicted molar refractivity (Wildman–Crippen MR) is 77.1 cm³/mol. The highest BCUT2D eigenvalue weighted by Crippen LogP contribution is 2.27. The van der Waals surface area contributed by atoms with Crippen molar-refractivity contribution in [1.29, 1.82) is 0 Å². The first-order valence-electron chi connectivity index (χ1n) is 6.12. The smallest absolute Gasteiger partial charge is 0.242 e. The molecule has 5 nitrogen and oxygen atoms in total. The van der Waals surface area contributed by atoms with Crippen molar-refractivity contribution in [3.63, 3.8) is 0 Å². The van der Waals surface area contributed by atoms with Gasteiger partial charge in [-0.3, -0.25) is 4.79 Å². The minimum atomic E-state index is -0.225. The van der Waals surface area contributed by atoms with Crippen LogP contribution in [0.1, 0.15) is 6.92 Å². The van der Waals surface area contributed by atoms with E-state index >= 15 is 0 Å². The summed E-state index contributed by atoms with van der Waals surface area (Å²) >= 11 is 3.45.